The van der Waals surface area contributed by atoms with Gasteiger partial charge in [-0.2, -0.15) is 0 Å². The Balaban J connectivity index is 1.04. The Morgan fingerprint density at radius 1 is 0.884 bits per heavy atom. The third kappa shape index (κ3) is 12.4. The lowest BCUT2D eigenvalue weighted by atomic mass is 9.46. The molecule has 3 saturated heterocycles. The number of unbranched alkanes of at least 4 members (excludes halogenated alkanes) is 1. The van der Waals surface area contributed by atoms with Gasteiger partial charge in [0.15, 0.2) is 29.6 Å². The molecule has 7 aliphatic rings. The number of hydrogen-bond acceptors (Lipinski definition) is 20. The number of methoxy groups -OCH3 is 1. The lowest BCUT2D eigenvalue weighted by Gasteiger charge is -2.62. The first-order chi connectivity index (χ1) is 39.8. The molecule has 1 amide bonds. The fraction of sp³-hybridized carbons (Fsp3) is 0.889. The van der Waals surface area contributed by atoms with E-state index in [4.69, 9.17) is 28.4 Å². The number of amides is 1. The summed E-state index contributed by atoms with van der Waals surface area (Å²) in [6.45, 7) is 20.9. The van der Waals surface area contributed by atoms with Crippen LogP contribution in [0, 0.1) is 40.9 Å². The number of hydrogen-bond donors (Lipinski definition) is 10. The summed E-state index contributed by atoms with van der Waals surface area (Å²) in [5.41, 5.74) is -15.7. The topological polar surface area (TPSA) is 299 Å². The predicted octanol–water partition coefficient (Wildman–Crippen LogP) is 2.78. The van der Waals surface area contributed by atoms with E-state index in [1.54, 1.807) is 55.4 Å². The number of rotatable bonds is 15. The van der Waals surface area contributed by atoms with E-state index in [1.807, 2.05) is 44.8 Å². The summed E-state index contributed by atoms with van der Waals surface area (Å²) in [7, 11) is 6.98. The number of cyclic esters (lactones) is 1. The van der Waals surface area contributed by atoms with Crippen LogP contribution in [0.3, 0.4) is 0 Å². The molecule has 7 rings (SSSR count). The maximum Gasteiger partial charge on any atom is 0.311 e. The summed E-state index contributed by atoms with van der Waals surface area (Å²) >= 11 is 0. The SMILES string of the molecule is CCC1OC(=O)[C@H](C)[C@@H](O[C@H]2C[C@@](C)(OC)[C@](O)(CNCCCCNC(=O)[C@@]3(O)[C@H](C)C[C@H]4[C@@H]5C[C@H](F)C6=CC(=O)C=C[C@]6(C)[C@@]5(F)[C@@H](O)C[C@@]43O)[C@H](C)O2)[C@H](C)[C@@H](O[C@@H]2O[C@H](C)C[C@H](N(C)C)[C@H]2O)[C@](C)(O)C[C@@H](C)CN(C)[C@H](C)[C@@H](O)[C@]1(C)O. The van der Waals surface area contributed by atoms with Crippen LogP contribution in [0.15, 0.2) is 23.8 Å². The lowest BCUT2D eigenvalue weighted by Crippen LogP contribution is -2.74. The minimum Gasteiger partial charge on any atom is -0.459 e. The Kier molecular flexibility index (Phi) is 21.5. The number of likely N-dealkylation sites (N-methyl/N-ethyl adjacent to an activating group) is 2. The number of ether oxygens (including phenoxy) is 6. The standard InChI is InChI=1S/C63H106F2N4O17/c1-17-47-59(12,77)51(73)38(7)69(15)31-33(2)28-57(10,76)52(86-54-49(72)45(68(13)14)25-35(4)82-54)36(5)50(37(6)53(74)84-47)85-48-30-58(11,81-16)61(79,39(8)83-48)32-66-22-18-19-23-67-55(75)63(80)34(3)24-41-42-27-44(64)43-26-40(70)20-21-56(43,9)62(42,65)46(71)29-60(41,63)78/h20-21,26,33-39,41-42,44-52,54,66,71-73,76-80H,17-19,22-25,27-32H2,1-16H3,(H,67,75)/t33-,34-,35-,36+,37-,38-,39+,41+,42+,44+,45+,46+,47?,48+,49-,50+,51-,52-,54+,56+,57-,58-,59-,60-,61+,62+,63+/m1/s1. The zero-order chi connectivity index (χ0) is 64.4. The van der Waals surface area contributed by atoms with E-state index in [0.29, 0.717) is 32.4 Å². The molecule has 10 N–H and O–H groups in total. The molecule has 494 valence electrons. The Hall–Kier alpha value is -2.69. The summed E-state index contributed by atoms with van der Waals surface area (Å²) in [5.74, 6) is -7.71. The number of nitrogens with zero attached hydrogens (tertiary/aromatic N) is 2. The predicted molar refractivity (Wildman–Crippen MR) is 313 cm³/mol. The molecule has 27 atom stereocenters. The van der Waals surface area contributed by atoms with Crippen LogP contribution in [-0.4, -0.2) is 242 Å². The van der Waals surface area contributed by atoms with Crippen molar-refractivity contribution >= 4 is 17.7 Å². The molecule has 0 aromatic carbocycles. The summed E-state index contributed by atoms with van der Waals surface area (Å²) in [4.78, 5) is 44.8. The quantitative estimate of drug-likeness (QED) is 0.0833. The summed E-state index contributed by atoms with van der Waals surface area (Å²) in [6.07, 6.45) is -9.43. The van der Waals surface area contributed by atoms with Gasteiger partial charge < -0.3 is 89.7 Å². The molecule has 6 fully saturated rings. The number of aliphatic hydroxyl groups excluding tert-OH is 3. The molecule has 0 spiro atoms. The zero-order valence-corrected chi connectivity index (χ0v) is 53.8. The average Bonchev–Trinajstić information content (AvgIpc) is 1.31. The van der Waals surface area contributed by atoms with Gasteiger partial charge in [0.05, 0.1) is 42.0 Å². The van der Waals surface area contributed by atoms with Gasteiger partial charge in [-0.1, -0.05) is 33.8 Å². The normalized spacial score (nSPS) is 49.8. The number of allylic oxidation sites excluding steroid dienone is 4. The molecule has 86 heavy (non-hydrogen) atoms. The molecule has 0 aromatic heterocycles. The van der Waals surface area contributed by atoms with E-state index in [0.717, 1.165) is 12.2 Å². The Bertz CT molecular complexity index is 2460. The zero-order valence-electron chi connectivity index (χ0n) is 53.8. The van der Waals surface area contributed by atoms with Crippen LogP contribution in [0.2, 0.25) is 0 Å². The molecule has 0 radical (unpaired) electrons. The molecule has 23 heteroatoms. The summed E-state index contributed by atoms with van der Waals surface area (Å²) in [6, 6.07) is -0.967. The number of aliphatic hydroxyl groups is 8. The number of halogens is 2. The van der Waals surface area contributed by atoms with E-state index < -0.39 is 172 Å². The van der Waals surface area contributed by atoms with Crippen molar-refractivity contribution in [2.24, 2.45) is 40.9 Å². The van der Waals surface area contributed by atoms with Crippen molar-refractivity contribution in [1.29, 1.82) is 0 Å². The molecular formula is C63H106F2N4O17. The lowest BCUT2D eigenvalue weighted by molar-refractivity contribution is -0.336. The molecule has 3 heterocycles. The van der Waals surface area contributed by atoms with Crippen molar-refractivity contribution in [3.05, 3.63) is 23.8 Å². The summed E-state index contributed by atoms with van der Waals surface area (Å²) < 4.78 is 72.5. The number of alkyl halides is 2. The van der Waals surface area contributed by atoms with Crippen molar-refractivity contribution in [1.82, 2.24) is 20.4 Å². The van der Waals surface area contributed by atoms with Gasteiger partial charge in [-0.3, -0.25) is 14.4 Å². The van der Waals surface area contributed by atoms with Crippen LogP contribution < -0.4 is 10.6 Å². The number of esters is 1. The number of nitrogens with one attached hydrogen (secondary N) is 2. The summed E-state index contributed by atoms with van der Waals surface area (Å²) in [5, 5.41) is 103. The first-order valence-electron chi connectivity index (χ1n) is 31.4. The van der Waals surface area contributed by atoms with Gasteiger partial charge in [0.1, 0.15) is 46.9 Å². The molecule has 3 saturated carbocycles. The highest BCUT2D eigenvalue weighted by Gasteiger charge is 2.78. The molecule has 1 unspecified atom stereocenters. The Labute approximate surface area is 507 Å². The van der Waals surface area contributed by atoms with Gasteiger partial charge in [-0.15, -0.1) is 0 Å². The van der Waals surface area contributed by atoms with Gasteiger partial charge in [0.2, 0.25) is 0 Å². The van der Waals surface area contributed by atoms with Crippen LogP contribution in [-0.2, 0) is 42.8 Å². The molecule has 0 aromatic rings. The monoisotopic (exact) mass is 1230 g/mol. The third-order valence-corrected chi connectivity index (χ3v) is 22.2. The van der Waals surface area contributed by atoms with E-state index in [9.17, 15) is 55.2 Å². The highest BCUT2D eigenvalue weighted by molar-refractivity contribution is 6.01. The molecule has 21 nitrogen and oxygen atoms in total. The molecular weight excluding hydrogens is 1120 g/mol. The second-order valence-corrected chi connectivity index (χ2v) is 28.4. The van der Waals surface area contributed by atoms with Crippen molar-refractivity contribution in [3.63, 3.8) is 0 Å². The maximum atomic E-state index is 17.6. The van der Waals surface area contributed by atoms with E-state index >= 15 is 8.78 Å². The minimum atomic E-state index is -2.50. The first-order valence-corrected chi connectivity index (χ1v) is 31.4. The fourth-order valence-corrected chi connectivity index (χ4v) is 16.7. The van der Waals surface area contributed by atoms with Crippen molar-refractivity contribution < 1.29 is 92.4 Å². The fourth-order valence-electron chi connectivity index (χ4n) is 16.7. The van der Waals surface area contributed by atoms with Crippen LogP contribution in [0.4, 0.5) is 8.78 Å². The Morgan fingerprint density at radius 3 is 2.16 bits per heavy atom. The first kappa shape index (κ1) is 70.8. The van der Waals surface area contributed by atoms with E-state index in [2.05, 4.69) is 10.6 Å². The largest absolute Gasteiger partial charge is 0.459 e. The average molecular weight is 1230 g/mol. The minimum absolute atomic E-state index is 0.0182. The van der Waals surface area contributed by atoms with E-state index in [1.165, 1.54) is 27.0 Å². The molecule has 3 aliphatic heterocycles. The van der Waals surface area contributed by atoms with Crippen LogP contribution in [0.25, 0.3) is 0 Å². The van der Waals surface area contributed by atoms with Gasteiger partial charge in [-0.25, -0.2) is 8.78 Å². The van der Waals surface area contributed by atoms with Crippen LogP contribution in [0.1, 0.15) is 141 Å². The number of ketones is 1. The Morgan fingerprint density at radius 2 is 1.53 bits per heavy atom. The number of carbonyl (C=O) groups excluding carboxylic acids is 3. The second-order valence-electron chi connectivity index (χ2n) is 28.4. The van der Waals surface area contributed by atoms with Gasteiger partial charge in [-0.05, 0) is 164 Å². The van der Waals surface area contributed by atoms with Gasteiger partial charge in [0.25, 0.3) is 5.91 Å². The number of carbonyl (C=O) groups is 3. The third-order valence-electron chi connectivity index (χ3n) is 22.2. The van der Waals surface area contributed by atoms with Crippen molar-refractivity contribution in [2.75, 3.05) is 54.4 Å². The van der Waals surface area contributed by atoms with E-state index in [-0.39, 0.29) is 62.4 Å². The number of fused-ring (bicyclic) bond motifs is 5. The second kappa shape index (κ2) is 26.1. The van der Waals surface area contributed by atoms with Crippen molar-refractivity contribution in [2.45, 2.75) is 260 Å². The van der Waals surface area contributed by atoms with Crippen LogP contribution in [0.5, 0.6) is 0 Å². The maximum absolute atomic E-state index is 17.6. The highest BCUT2D eigenvalue weighted by Crippen LogP contribution is 2.68. The molecule has 4 aliphatic carbocycles. The highest BCUT2D eigenvalue weighted by atomic mass is 19.1. The molecule has 0 bridgehead atoms. The van der Waals surface area contributed by atoms with Gasteiger partial charge in [0, 0.05) is 68.9 Å². The smallest absolute Gasteiger partial charge is 0.311 e. The van der Waals surface area contributed by atoms with Crippen LogP contribution >= 0.6 is 0 Å². The van der Waals surface area contributed by atoms with Gasteiger partial charge >= 0.3 is 5.97 Å². The van der Waals surface area contributed by atoms with Crippen molar-refractivity contribution in [3.8, 4) is 0 Å².